The first-order valence-corrected chi connectivity index (χ1v) is 5.92. The minimum Gasteiger partial charge on any atom is -0.379 e. The highest BCUT2D eigenvalue weighted by Crippen LogP contribution is 2.31. The number of aromatic nitrogens is 2. The topological polar surface area (TPSA) is 128 Å². The molecule has 0 aliphatic heterocycles. The fraction of sp³-hybridized carbons (Fsp3) is 0.600. The minimum absolute atomic E-state index is 0.00391. The number of nitrogens with zero attached hydrogens (tertiary/aromatic N) is 3. The van der Waals surface area contributed by atoms with Crippen LogP contribution in [-0.2, 0) is 4.74 Å². The second-order valence-corrected chi connectivity index (χ2v) is 4.28. The molecule has 1 fully saturated rings. The van der Waals surface area contributed by atoms with Crippen LogP contribution >= 0.6 is 0 Å². The Bertz CT molecular complexity index is 469. The van der Waals surface area contributed by atoms with Gasteiger partial charge in [0.2, 0.25) is 11.6 Å². The van der Waals surface area contributed by atoms with Gasteiger partial charge >= 0.3 is 5.69 Å². The Morgan fingerprint density at radius 2 is 2.21 bits per heavy atom. The maximum atomic E-state index is 11.1. The molecular formula is C10H16N6O3. The number of nitrogen functional groups attached to an aromatic ring is 1. The van der Waals surface area contributed by atoms with Crippen molar-refractivity contribution in [1.82, 2.24) is 9.97 Å². The molecule has 0 bridgehead atoms. The summed E-state index contributed by atoms with van der Waals surface area (Å²) in [6.07, 6.45) is 4.07. The highest BCUT2D eigenvalue weighted by Gasteiger charge is 2.31. The highest BCUT2D eigenvalue weighted by atomic mass is 16.6. The lowest BCUT2D eigenvalue weighted by atomic mass is 10.2. The van der Waals surface area contributed by atoms with E-state index in [1.165, 1.54) is 6.33 Å². The van der Waals surface area contributed by atoms with E-state index in [1.807, 2.05) is 0 Å². The molecule has 0 saturated heterocycles. The number of hydrogen-bond acceptors (Lipinski definition) is 8. The molecule has 4 N–H and O–H groups in total. The standard InChI is InChI=1S/C10H16N6O3/c1-19-7-4-2-3-6(7)14-9-8(16(17)18)10(15-11)13-5-12-9/h5-7H,2-4,11H2,1H3,(H2,12,13,14,15). The van der Waals surface area contributed by atoms with Crippen LogP contribution in [0.1, 0.15) is 19.3 Å². The van der Waals surface area contributed by atoms with Gasteiger partial charge in [-0.2, -0.15) is 0 Å². The molecule has 1 heterocycles. The third-order valence-corrected chi connectivity index (χ3v) is 3.22. The summed E-state index contributed by atoms with van der Waals surface area (Å²) in [7, 11) is 1.63. The van der Waals surface area contributed by atoms with Crippen molar-refractivity contribution in [3.8, 4) is 0 Å². The van der Waals surface area contributed by atoms with Gasteiger partial charge < -0.3 is 15.5 Å². The van der Waals surface area contributed by atoms with Crippen molar-refractivity contribution in [2.75, 3.05) is 17.9 Å². The van der Waals surface area contributed by atoms with E-state index < -0.39 is 4.92 Å². The number of nitrogens with two attached hydrogens (primary N) is 1. The van der Waals surface area contributed by atoms with Crippen LogP contribution in [0.25, 0.3) is 0 Å². The van der Waals surface area contributed by atoms with E-state index in [0.29, 0.717) is 0 Å². The Hall–Kier alpha value is -2.00. The summed E-state index contributed by atoms with van der Waals surface area (Å²) in [5.74, 6) is 5.36. The van der Waals surface area contributed by atoms with Crippen LogP contribution in [0.2, 0.25) is 0 Å². The second-order valence-electron chi connectivity index (χ2n) is 4.28. The predicted octanol–water partition coefficient (Wildman–Crippen LogP) is 0.650. The van der Waals surface area contributed by atoms with Gasteiger partial charge in [-0.15, -0.1) is 0 Å². The number of methoxy groups -OCH3 is 1. The van der Waals surface area contributed by atoms with Crippen LogP contribution in [0.4, 0.5) is 17.3 Å². The van der Waals surface area contributed by atoms with E-state index in [1.54, 1.807) is 7.11 Å². The zero-order valence-corrected chi connectivity index (χ0v) is 10.5. The smallest absolute Gasteiger partial charge is 0.354 e. The SMILES string of the molecule is COC1CCCC1Nc1ncnc(NN)c1[N+](=O)[O-]. The quantitative estimate of drug-likeness (QED) is 0.403. The minimum atomic E-state index is -0.561. The molecular weight excluding hydrogens is 252 g/mol. The van der Waals surface area contributed by atoms with Crippen molar-refractivity contribution >= 4 is 17.3 Å². The molecule has 19 heavy (non-hydrogen) atoms. The van der Waals surface area contributed by atoms with E-state index >= 15 is 0 Å². The molecule has 0 radical (unpaired) electrons. The van der Waals surface area contributed by atoms with Crippen LogP contribution in [-0.4, -0.2) is 34.1 Å². The van der Waals surface area contributed by atoms with E-state index in [2.05, 4.69) is 20.7 Å². The van der Waals surface area contributed by atoms with Crippen LogP contribution in [0.5, 0.6) is 0 Å². The largest absolute Gasteiger partial charge is 0.379 e. The third-order valence-electron chi connectivity index (χ3n) is 3.22. The molecule has 2 rings (SSSR count). The van der Waals surface area contributed by atoms with Crippen molar-refractivity contribution in [3.05, 3.63) is 16.4 Å². The van der Waals surface area contributed by atoms with Crippen molar-refractivity contribution in [2.24, 2.45) is 5.84 Å². The van der Waals surface area contributed by atoms with Gasteiger partial charge in [-0.25, -0.2) is 15.8 Å². The van der Waals surface area contributed by atoms with Gasteiger partial charge in [0.1, 0.15) is 6.33 Å². The normalized spacial score (nSPS) is 22.2. The molecule has 0 spiro atoms. The van der Waals surface area contributed by atoms with Gasteiger partial charge in [-0.3, -0.25) is 10.1 Å². The van der Waals surface area contributed by atoms with Crippen molar-refractivity contribution < 1.29 is 9.66 Å². The highest BCUT2D eigenvalue weighted by molar-refractivity contribution is 5.69. The Balaban J connectivity index is 2.27. The number of rotatable bonds is 5. The summed E-state index contributed by atoms with van der Waals surface area (Å²) < 4.78 is 5.34. The van der Waals surface area contributed by atoms with Gasteiger partial charge in [0.15, 0.2) is 0 Å². The number of hydrazine groups is 1. The van der Waals surface area contributed by atoms with E-state index in [0.717, 1.165) is 19.3 Å². The summed E-state index contributed by atoms with van der Waals surface area (Å²) in [5.41, 5.74) is 1.95. The molecule has 1 aliphatic rings. The van der Waals surface area contributed by atoms with E-state index in [9.17, 15) is 10.1 Å². The molecule has 2 atom stereocenters. The summed E-state index contributed by atoms with van der Waals surface area (Å²) in [5, 5.41) is 14.1. The third kappa shape index (κ3) is 2.71. The van der Waals surface area contributed by atoms with Crippen LogP contribution in [0.3, 0.4) is 0 Å². The average Bonchev–Trinajstić information content (AvgIpc) is 2.85. The first kappa shape index (κ1) is 13.4. The lowest BCUT2D eigenvalue weighted by Crippen LogP contribution is -2.30. The maximum Gasteiger partial charge on any atom is 0.354 e. The van der Waals surface area contributed by atoms with Crippen LogP contribution in [0, 0.1) is 10.1 Å². The van der Waals surface area contributed by atoms with E-state index in [4.69, 9.17) is 10.6 Å². The van der Waals surface area contributed by atoms with Crippen molar-refractivity contribution in [2.45, 2.75) is 31.4 Å². The van der Waals surface area contributed by atoms with Crippen molar-refractivity contribution in [1.29, 1.82) is 0 Å². The fourth-order valence-electron chi connectivity index (χ4n) is 2.31. The molecule has 1 aromatic rings. The summed E-state index contributed by atoms with van der Waals surface area (Å²) in [6, 6.07) is 0.00391. The molecule has 1 saturated carbocycles. The number of ether oxygens (including phenoxy) is 1. The summed E-state index contributed by atoms with van der Waals surface area (Å²) in [6.45, 7) is 0. The van der Waals surface area contributed by atoms with Gasteiger partial charge in [-0.05, 0) is 19.3 Å². The Morgan fingerprint density at radius 3 is 2.84 bits per heavy atom. The van der Waals surface area contributed by atoms with Crippen LogP contribution < -0.4 is 16.6 Å². The molecule has 1 aromatic heterocycles. The van der Waals surface area contributed by atoms with Gasteiger partial charge in [0, 0.05) is 7.11 Å². The van der Waals surface area contributed by atoms with Crippen molar-refractivity contribution in [3.63, 3.8) is 0 Å². The molecule has 9 nitrogen and oxygen atoms in total. The molecule has 0 aromatic carbocycles. The predicted molar refractivity (Wildman–Crippen MR) is 68.6 cm³/mol. The summed E-state index contributed by atoms with van der Waals surface area (Å²) >= 11 is 0. The lowest BCUT2D eigenvalue weighted by Gasteiger charge is -2.20. The van der Waals surface area contributed by atoms with Crippen LogP contribution in [0.15, 0.2) is 6.33 Å². The molecule has 1 aliphatic carbocycles. The average molecular weight is 268 g/mol. The van der Waals surface area contributed by atoms with Gasteiger partial charge in [-0.1, -0.05) is 0 Å². The van der Waals surface area contributed by atoms with Gasteiger partial charge in [0.05, 0.1) is 17.1 Å². The lowest BCUT2D eigenvalue weighted by molar-refractivity contribution is -0.383. The Morgan fingerprint density at radius 1 is 1.47 bits per heavy atom. The number of anilines is 2. The van der Waals surface area contributed by atoms with Gasteiger partial charge in [0.25, 0.3) is 0 Å². The Labute approximate surface area is 109 Å². The first-order chi connectivity index (χ1) is 9.17. The second kappa shape index (κ2) is 5.76. The fourth-order valence-corrected chi connectivity index (χ4v) is 2.31. The zero-order chi connectivity index (χ0) is 13.8. The molecule has 0 amide bonds. The number of hydrogen-bond donors (Lipinski definition) is 3. The van der Waals surface area contributed by atoms with E-state index in [-0.39, 0.29) is 29.5 Å². The zero-order valence-electron chi connectivity index (χ0n) is 10.5. The first-order valence-electron chi connectivity index (χ1n) is 5.92. The Kier molecular flexibility index (Phi) is 4.07. The maximum absolute atomic E-state index is 11.1. The molecule has 104 valence electrons. The number of nitrogens with one attached hydrogen (secondary N) is 2. The molecule has 2 unspecified atom stereocenters. The monoisotopic (exact) mass is 268 g/mol. The molecule has 9 heteroatoms. The number of nitro groups is 1. The summed E-state index contributed by atoms with van der Waals surface area (Å²) in [4.78, 5) is 18.2.